The summed E-state index contributed by atoms with van der Waals surface area (Å²) in [5.41, 5.74) is 5.59. The maximum absolute atomic E-state index is 13.5. The van der Waals surface area contributed by atoms with Crippen molar-refractivity contribution >= 4 is 31.5 Å². The first kappa shape index (κ1) is 26.0. The fraction of sp³-hybridized carbons (Fsp3) is 0.579. The van der Waals surface area contributed by atoms with E-state index in [9.17, 15) is 26.9 Å². The number of terminal acetylenes is 1. The lowest BCUT2D eigenvalue weighted by molar-refractivity contribution is -0.385. The van der Waals surface area contributed by atoms with Gasteiger partial charge in [-0.1, -0.05) is 12.8 Å². The van der Waals surface area contributed by atoms with Gasteiger partial charge in [-0.25, -0.2) is 8.42 Å². The highest BCUT2D eigenvalue weighted by molar-refractivity contribution is 7.89. The lowest BCUT2D eigenvalue weighted by atomic mass is 10.1. The molecule has 2 N–H and O–H groups in total. The molecular formula is C19H28N4O7S2. The monoisotopic (exact) mass is 488 g/mol. The summed E-state index contributed by atoms with van der Waals surface area (Å²) in [6.07, 6.45) is 8.03. The number of nitrogens with two attached hydrogens (primary N) is 1. The number of rotatable bonds is 10. The van der Waals surface area contributed by atoms with E-state index in [1.807, 2.05) is 6.92 Å². The number of anilines is 1. The lowest BCUT2D eigenvalue weighted by Gasteiger charge is -2.32. The third kappa shape index (κ3) is 6.39. The first-order valence-corrected chi connectivity index (χ1v) is 13.3. The SMILES string of the molecule is C#Cc1cc([N+](=O)[O-])cc(S(=O)(=O)N2CCC(N)CC2)c1N(CCC)CCOS(C)(=O)=O. The quantitative estimate of drug-likeness (QED) is 0.219. The van der Waals surface area contributed by atoms with Crippen molar-refractivity contribution < 1.29 is 25.9 Å². The van der Waals surface area contributed by atoms with Crippen molar-refractivity contribution in [3.63, 3.8) is 0 Å². The summed E-state index contributed by atoms with van der Waals surface area (Å²) in [7, 11) is -7.85. The van der Waals surface area contributed by atoms with Crippen LogP contribution >= 0.6 is 0 Å². The Morgan fingerprint density at radius 1 is 1.28 bits per heavy atom. The molecule has 0 atom stereocenters. The van der Waals surface area contributed by atoms with Crippen LogP contribution in [0.3, 0.4) is 0 Å². The van der Waals surface area contributed by atoms with E-state index in [-0.39, 0.29) is 48.4 Å². The highest BCUT2D eigenvalue weighted by Gasteiger charge is 2.34. The summed E-state index contributed by atoms with van der Waals surface area (Å²) in [6, 6.07) is 2.03. The van der Waals surface area contributed by atoms with E-state index in [0.29, 0.717) is 25.8 Å². The van der Waals surface area contributed by atoms with Crippen molar-refractivity contribution in [3.05, 3.63) is 27.8 Å². The maximum atomic E-state index is 13.5. The van der Waals surface area contributed by atoms with Gasteiger partial charge in [0.1, 0.15) is 4.90 Å². The summed E-state index contributed by atoms with van der Waals surface area (Å²) in [4.78, 5) is 12.1. The summed E-state index contributed by atoms with van der Waals surface area (Å²) < 4.78 is 55.8. The minimum atomic E-state index is -4.14. The second kappa shape index (κ2) is 10.6. The maximum Gasteiger partial charge on any atom is 0.272 e. The van der Waals surface area contributed by atoms with Crippen LogP contribution in [0.25, 0.3) is 0 Å². The highest BCUT2D eigenvalue weighted by atomic mass is 32.2. The fourth-order valence-electron chi connectivity index (χ4n) is 3.49. The zero-order chi connectivity index (χ0) is 24.1. The molecular weight excluding hydrogens is 460 g/mol. The first-order valence-electron chi connectivity index (χ1n) is 10.0. The molecule has 0 unspecified atom stereocenters. The molecule has 0 amide bonds. The molecule has 1 aromatic carbocycles. The molecule has 1 fully saturated rings. The minimum Gasteiger partial charge on any atom is -0.367 e. The number of benzene rings is 1. The van der Waals surface area contributed by atoms with Gasteiger partial charge in [-0.2, -0.15) is 12.7 Å². The van der Waals surface area contributed by atoms with Crippen LogP contribution < -0.4 is 10.6 Å². The Bertz CT molecular complexity index is 1090. The average Bonchev–Trinajstić information content (AvgIpc) is 2.71. The number of sulfonamides is 1. The van der Waals surface area contributed by atoms with Crippen molar-refractivity contribution in [2.45, 2.75) is 37.1 Å². The lowest BCUT2D eigenvalue weighted by Crippen LogP contribution is -2.43. The van der Waals surface area contributed by atoms with E-state index in [1.54, 1.807) is 4.90 Å². The number of piperidine rings is 1. The summed E-state index contributed by atoms with van der Waals surface area (Å²) in [5.74, 6) is 2.35. The second-order valence-corrected chi connectivity index (χ2v) is 11.0. The topological polar surface area (TPSA) is 153 Å². The normalized spacial score (nSPS) is 15.9. The summed E-state index contributed by atoms with van der Waals surface area (Å²) in [6.45, 7) is 2.32. The molecule has 11 nitrogen and oxygen atoms in total. The number of non-ortho nitro benzene ring substituents is 1. The predicted molar refractivity (Wildman–Crippen MR) is 120 cm³/mol. The van der Waals surface area contributed by atoms with Crippen molar-refractivity contribution in [2.75, 3.05) is 43.9 Å². The summed E-state index contributed by atoms with van der Waals surface area (Å²) >= 11 is 0. The van der Waals surface area contributed by atoms with Crippen LogP contribution in [-0.2, 0) is 24.3 Å². The molecule has 1 saturated heterocycles. The highest BCUT2D eigenvalue weighted by Crippen LogP contribution is 2.36. The molecule has 1 heterocycles. The molecule has 1 aromatic rings. The van der Waals surface area contributed by atoms with Gasteiger partial charge in [0.15, 0.2) is 0 Å². The Hall–Kier alpha value is -2.24. The molecule has 0 saturated carbocycles. The third-order valence-electron chi connectivity index (χ3n) is 5.01. The van der Waals surface area contributed by atoms with E-state index in [0.717, 1.165) is 18.4 Å². The molecule has 0 radical (unpaired) electrons. The molecule has 0 spiro atoms. The fourth-order valence-corrected chi connectivity index (χ4v) is 5.59. The van der Waals surface area contributed by atoms with E-state index in [4.69, 9.17) is 16.3 Å². The Kier molecular flexibility index (Phi) is 8.60. The predicted octanol–water partition coefficient (Wildman–Crippen LogP) is 0.881. The van der Waals surface area contributed by atoms with Crippen LogP contribution in [0.4, 0.5) is 11.4 Å². The molecule has 1 aliphatic heterocycles. The van der Waals surface area contributed by atoms with Gasteiger partial charge in [0, 0.05) is 44.4 Å². The van der Waals surface area contributed by atoms with Gasteiger partial charge in [-0.05, 0) is 19.3 Å². The Morgan fingerprint density at radius 3 is 2.41 bits per heavy atom. The minimum absolute atomic E-state index is 0.0147. The van der Waals surface area contributed by atoms with Crippen LogP contribution in [0.1, 0.15) is 31.7 Å². The van der Waals surface area contributed by atoms with Crippen molar-refractivity contribution in [1.29, 1.82) is 0 Å². The number of hydrogen-bond donors (Lipinski definition) is 1. The van der Waals surface area contributed by atoms with Crippen molar-refractivity contribution in [3.8, 4) is 12.3 Å². The van der Waals surface area contributed by atoms with E-state index >= 15 is 0 Å². The molecule has 1 aliphatic rings. The van der Waals surface area contributed by atoms with E-state index in [2.05, 4.69) is 5.92 Å². The van der Waals surface area contributed by atoms with Gasteiger partial charge >= 0.3 is 0 Å². The third-order valence-corrected chi connectivity index (χ3v) is 7.52. The molecule has 178 valence electrons. The summed E-state index contributed by atoms with van der Waals surface area (Å²) in [5, 5.41) is 11.5. The largest absolute Gasteiger partial charge is 0.367 e. The van der Waals surface area contributed by atoms with Gasteiger partial charge in [-0.3, -0.25) is 14.3 Å². The molecule has 32 heavy (non-hydrogen) atoms. The number of nitro groups is 1. The van der Waals surface area contributed by atoms with E-state index in [1.165, 1.54) is 4.31 Å². The Labute approximate surface area is 188 Å². The molecule has 0 aromatic heterocycles. The molecule has 2 rings (SSSR count). The van der Waals surface area contributed by atoms with Gasteiger partial charge in [0.2, 0.25) is 10.0 Å². The van der Waals surface area contributed by atoms with Crippen LogP contribution in [0.5, 0.6) is 0 Å². The van der Waals surface area contributed by atoms with Crippen LogP contribution in [0.2, 0.25) is 0 Å². The van der Waals surface area contributed by atoms with Crippen molar-refractivity contribution in [2.24, 2.45) is 5.73 Å². The molecule has 0 bridgehead atoms. The number of hydrogen-bond acceptors (Lipinski definition) is 9. The number of nitro benzene ring substituents is 1. The Balaban J connectivity index is 2.63. The first-order chi connectivity index (χ1) is 14.9. The number of nitrogens with zero attached hydrogens (tertiary/aromatic N) is 3. The van der Waals surface area contributed by atoms with Gasteiger partial charge < -0.3 is 10.6 Å². The van der Waals surface area contributed by atoms with Crippen molar-refractivity contribution in [1.82, 2.24) is 4.31 Å². The van der Waals surface area contributed by atoms with E-state index < -0.39 is 30.8 Å². The second-order valence-electron chi connectivity index (χ2n) is 7.50. The smallest absolute Gasteiger partial charge is 0.272 e. The van der Waals surface area contributed by atoms with Gasteiger partial charge in [0.05, 0.1) is 29.0 Å². The zero-order valence-corrected chi connectivity index (χ0v) is 19.7. The average molecular weight is 489 g/mol. The van der Waals surface area contributed by atoms with Crippen LogP contribution in [-0.4, -0.2) is 71.1 Å². The van der Waals surface area contributed by atoms with Gasteiger partial charge in [0.25, 0.3) is 15.8 Å². The van der Waals surface area contributed by atoms with Crippen LogP contribution in [0, 0.1) is 22.5 Å². The molecule has 0 aliphatic carbocycles. The van der Waals surface area contributed by atoms with Crippen LogP contribution in [0.15, 0.2) is 17.0 Å². The molecule has 13 heteroatoms. The zero-order valence-electron chi connectivity index (χ0n) is 18.1. The van der Waals surface area contributed by atoms with Gasteiger partial charge in [-0.15, -0.1) is 6.42 Å². The standard InChI is InChI=1S/C19H28N4O7S2/c1-4-8-21(11-12-30-31(3,26)27)19-15(5-2)13-17(23(24)25)14-18(19)32(28,29)22-9-6-16(20)7-10-22/h2,13-14,16H,4,6-12,20H2,1,3H3. The Morgan fingerprint density at radius 2 is 1.91 bits per heavy atom.